The van der Waals surface area contributed by atoms with Gasteiger partial charge in [0.2, 0.25) is 0 Å². The Morgan fingerprint density at radius 1 is 1.15 bits per heavy atom. The maximum absolute atomic E-state index is 14.0. The predicted octanol–water partition coefficient (Wildman–Crippen LogP) is 2.33. The number of benzene rings is 2. The molecular formula is C20H22FNO4. The van der Waals surface area contributed by atoms with Crippen LogP contribution in [0.5, 0.6) is 0 Å². The summed E-state index contributed by atoms with van der Waals surface area (Å²) in [6.07, 6.45) is 0.257. The second-order valence-electron chi connectivity index (χ2n) is 6.63. The van der Waals surface area contributed by atoms with Crippen LogP contribution in [0.3, 0.4) is 0 Å². The molecule has 2 aromatic rings. The van der Waals surface area contributed by atoms with E-state index in [2.05, 4.69) is 0 Å². The van der Waals surface area contributed by atoms with E-state index in [0.29, 0.717) is 37.4 Å². The summed E-state index contributed by atoms with van der Waals surface area (Å²) >= 11 is 0. The first-order valence-corrected chi connectivity index (χ1v) is 8.55. The number of ether oxygens (including phenoxy) is 1. The SMILES string of the molecule is O=C(O)c1ccccc1CN1CCO[C@@](CO)(Cc2ccccc2F)C1. The van der Waals surface area contributed by atoms with Gasteiger partial charge in [-0.25, -0.2) is 9.18 Å². The van der Waals surface area contributed by atoms with Gasteiger partial charge in [-0.05, 0) is 23.3 Å². The Morgan fingerprint density at radius 2 is 1.85 bits per heavy atom. The predicted molar refractivity (Wildman–Crippen MR) is 94.6 cm³/mol. The molecule has 2 N–H and O–H groups in total. The van der Waals surface area contributed by atoms with Crippen molar-refractivity contribution in [2.75, 3.05) is 26.3 Å². The van der Waals surface area contributed by atoms with Crippen LogP contribution < -0.4 is 0 Å². The normalized spacial score (nSPS) is 20.8. The first-order chi connectivity index (χ1) is 12.5. The summed E-state index contributed by atoms with van der Waals surface area (Å²) in [6, 6.07) is 13.3. The second-order valence-corrected chi connectivity index (χ2v) is 6.63. The average Bonchev–Trinajstić information content (AvgIpc) is 2.64. The number of morpholine rings is 1. The van der Waals surface area contributed by atoms with Gasteiger partial charge in [-0.3, -0.25) is 4.90 Å². The molecule has 26 heavy (non-hydrogen) atoms. The first kappa shape index (κ1) is 18.5. The van der Waals surface area contributed by atoms with Gasteiger partial charge in [-0.1, -0.05) is 36.4 Å². The molecule has 0 aromatic heterocycles. The van der Waals surface area contributed by atoms with Crippen molar-refractivity contribution in [3.05, 3.63) is 71.0 Å². The molecule has 0 amide bonds. The molecule has 5 nitrogen and oxygen atoms in total. The Labute approximate surface area is 151 Å². The number of aromatic carboxylic acids is 1. The molecule has 1 saturated heterocycles. The summed E-state index contributed by atoms with van der Waals surface area (Å²) in [5, 5.41) is 19.3. The van der Waals surface area contributed by atoms with E-state index in [9.17, 15) is 19.4 Å². The zero-order valence-corrected chi connectivity index (χ0v) is 14.4. The Hall–Kier alpha value is -2.28. The van der Waals surface area contributed by atoms with Crippen LogP contribution in [0, 0.1) is 5.82 Å². The molecular weight excluding hydrogens is 337 g/mol. The van der Waals surface area contributed by atoms with Crippen molar-refractivity contribution in [3.8, 4) is 0 Å². The Balaban J connectivity index is 1.77. The number of carboxylic acids is 1. The molecule has 0 radical (unpaired) electrons. The summed E-state index contributed by atoms with van der Waals surface area (Å²) in [5.74, 6) is -1.29. The molecule has 1 heterocycles. The number of carboxylic acid groups (broad SMARTS) is 1. The van der Waals surface area contributed by atoms with Crippen molar-refractivity contribution in [1.82, 2.24) is 4.90 Å². The zero-order valence-electron chi connectivity index (χ0n) is 14.4. The number of hydrogen-bond acceptors (Lipinski definition) is 4. The topological polar surface area (TPSA) is 70.0 Å². The molecule has 2 aromatic carbocycles. The standard InChI is InChI=1S/C20H22FNO4/c21-18-8-4-2-5-15(18)11-20(14-23)13-22(9-10-26-20)12-16-6-1-3-7-17(16)19(24)25/h1-8,23H,9-14H2,(H,24,25)/t20-/m0/s1. The second kappa shape index (κ2) is 7.95. The van der Waals surface area contributed by atoms with E-state index in [-0.39, 0.29) is 24.4 Å². The third-order valence-electron chi connectivity index (χ3n) is 4.73. The highest BCUT2D eigenvalue weighted by Gasteiger charge is 2.37. The molecule has 1 atom stereocenters. The average molecular weight is 359 g/mol. The van der Waals surface area contributed by atoms with Crippen molar-refractivity contribution in [2.45, 2.75) is 18.6 Å². The monoisotopic (exact) mass is 359 g/mol. The molecule has 138 valence electrons. The molecule has 6 heteroatoms. The van der Waals surface area contributed by atoms with E-state index in [1.807, 2.05) is 4.90 Å². The summed E-state index contributed by atoms with van der Waals surface area (Å²) in [6.45, 7) is 1.60. The maximum Gasteiger partial charge on any atom is 0.336 e. The van der Waals surface area contributed by atoms with Gasteiger partial charge in [0.05, 0.1) is 18.8 Å². The minimum absolute atomic E-state index is 0.238. The largest absolute Gasteiger partial charge is 0.478 e. The lowest BCUT2D eigenvalue weighted by Crippen LogP contribution is -2.55. The fraction of sp³-hybridized carbons (Fsp3) is 0.350. The number of aliphatic hydroxyl groups excluding tert-OH is 1. The van der Waals surface area contributed by atoms with Gasteiger partial charge in [0.1, 0.15) is 11.4 Å². The summed E-state index contributed by atoms with van der Waals surface area (Å²) < 4.78 is 19.9. The fourth-order valence-electron chi connectivity index (χ4n) is 3.41. The summed E-state index contributed by atoms with van der Waals surface area (Å²) in [5.41, 5.74) is 0.565. The lowest BCUT2D eigenvalue weighted by atomic mass is 9.92. The number of aliphatic hydroxyl groups is 1. The highest BCUT2D eigenvalue weighted by molar-refractivity contribution is 5.89. The van der Waals surface area contributed by atoms with Crippen LogP contribution in [0.4, 0.5) is 4.39 Å². The maximum atomic E-state index is 14.0. The number of rotatable bonds is 6. The van der Waals surface area contributed by atoms with Gasteiger partial charge < -0.3 is 14.9 Å². The third kappa shape index (κ3) is 4.09. The van der Waals surface area contributed by atoms with Crippen LogP contribution >= 0.6 is 0 Å². The van der Waals surface area contributed by atoms with Gasteiger partial charge in [0.15, 0.2) is 0 Å². The molecule has 0 aliphatic carbocycles. The van der Waals surface area contributed by atoms with Crippen LogP contribution in [-0.4, -0.2) is 53.0 Å². The van der Waals surface area contributed by atoms with Crippen molar-refractivity contribution in [3.63, 3.8) is 0 Å². The first-order valence-electron chi connectivity index (χ1n) is 8.55. The van der Waals surface area contributed by atoms with E-state index in [1.54, 1.807) is 42.5 Å². The molecule has 0 spiro atoms. The van der Waals surface area contributed by atoms with Crippen molar-refractivity contribution >= 4 is 5.97 Å². The Kier molecular flexibility index (Phi) is 5.66. The third-order valence-corrected chi connectivity index (χ3v) is 4.73. The number of hydrogen-bond donors (Lipinski definition) is 2. The van der Waals surface area contributed by atoms with E-state index >= 15 is 0 Å². The van der Waals surface area contributed by atoms with Gasteiger partial charge >= 0.3 is 5.97 Å². The van der Waals surface area contributed by atoms with Crippen molar-refractivity contribution in [1.29, 1.82) is 0 Å². The van der Waals surface area contributed by atoms with E-state index in [4.69, 9.17) is 4.74 Å². The van der Waals surface area contributed by atoms with Crippen LogP contribution in [-0.2, 0) is 17.7 Å². The molecule has 1 aliphatic rings. The van der Waals surface area contributed by atoms with Gasteiger partial charge in [0, 0.05) is 26.1 Å². The van der Waals surface area contributed by atoms with Crippen molar-refractivity contribution < 1.29 is 24.1 Å². The molecule has 1 aliphatic heterocycles. The lowest BCUT2D eigenvalue weighted by molar-refractivity contribution is -0.134. The van der Waals surface area contributed by atoms with E-state index in [0.717, 1.165) is 0 Å². The van der Waals surface area contributed by atoms with Crippen LogP contribution in [0.15, 0.2) is 48.5 Å². The highest BCUT2D eigenvalue weighted by atomic mass is 19.1. The quantitative estimate of drug-likeness (QED) is 0.828. The van der Waals surface area contributed by atoms with Gasteiger partial charge in [0.25, 0.3) is 0 Å². The van der Waals surface area contributed by atoms with E-state index < -0.39 is 11.6 Å². The van der Waals surface area contributed by atoms with Crippen molar-refractivity contribution in [2.24, 2.45) is 0 Å². The minimum atomic E-state index is -0.964. The molecule has 0 unspecified atom stereocenters. The summed E-state index contributed by atoms with van der Waals surface area (Å²) in [7, 11) is 0. The summed E-state index contributed by atoms with van der Waals surface area (Å²) in [4.78, 5) is 13.4. The van der Waals surface area contributed by atoms with E-state index in [1.165, 1.54) is 6.07 Å². The number of halogens is 1. The molecule has 0 saturated carbocycles. The highest BCUT2D eigenvalue weighted by Crippen LogP contribution is 2.26. The smallest absolute Gasteiger partial charge is 0.336 e. The van der Waals surface area contributed by atoms with Crippen LogP contribution in [0.25, 0.3) is 0 Å². The Morgan fingerprint density at radius 3 is 2.54 bits per heavy atom. The number of carbonyl (C=O) groups is 1. The van der Waals surface area contributed by atoms with Crippen LogP contribution in [0.1, 0.15) is 21.5 Å². The molecule has 0 bridgehead atoms. The van der Waals surface area contributed by atoms with Crippen LogP contribution in [0.2, 0.25) is 0 Å². The van der Waals surface area contributed by atoms with Gasteiger partial charge in [-0.2, -0.15) is 0 Å². The molecule has 3 rings (SSSR count). The number of nitrogens with zero attached hydrogens (tertiary/aromatic N) is 1. The molecule has 1 fully saturated rings. The zero-order chi connectivity index (χ0) is 18.6. The minimum Gasteiger partial charge on any atom is -0.478 e. The Bertz CT molecular complexity index is 782. The fourth-order valence-corrected chi connectivity index (χ4v) is 3.41. The van der Waals surface area contributed by atoms with Gasteiger partial charge in [-0.15, -0.1) is 0 Å². The lowest BCUT2D eigenvalue weighted by Gasteiger charge is -2.42.